The molecule has 4 heteroatoms. The van der Waals surface area contributed by atoms with Gasteiger partial charge in [-0.3, -0.25) is 0 Å². The van der Waals surface area contributed by atoms with Crippen LogP contribution >= 0.6 is 0 Å². The normalized spacial score (nSPS) is 41.3. The summed E-state index contributed by atoms with van der Waals surface area (Å²) in [5.74, 6) is 0.219. The summed E-state index contributed by atoms with van der Waals surface area (Å²) in [4.78, 5) is 11.6. The van der Waals surface area contributed by atoms with Gasteiger partial charge < -0.3 is 14.9 Å². The maximum atomic E-state index is 11.6. The number of aliphatic hydroxyl groups is 2. The molecule has 3 aliphatic rings. The zero-order chi connectivity index (χ0) is 13.9. The quantitative estimate of drug-likeness (QED) is 0.648. The zero-order valence-electron chi connectivity index (χ0n) is 11.3. The van der Waals surface area contributed by atoms with E-state index in [0.29, 0.717) is 17.8 Å². The molecule has 0 aromatic carbocycles. The number of allylic oxidation sites excluding steroid dienone is 3. The molecular formula is C15H18O4. The number of esters is 1. The zero-order valence-corrected chi connectivity index (χ0v) is 11.3. The molecule has 2 N–H and O–H groups in total. The third-order valence-electron chi connectivity index (χ3n) is 4.97. The van der Waals surface area contributed by atoms with Gasteiger partial charge in [0, 0.05) is 16.6 Å². The third kappa shape index (κ3) is 1.56. The van der Waals surface area contributed by atoms with Crippen molar-refractivity contribution in [1.82, 2.24) is 0 Å². The molecule has 19 heavy (non-hydrogen) atoms. The summed E-state index contributed by atoms with van der Waals surface area (Å²) in [5, 5.41) is 19.9. The number of rotatable bonds is 0. The lowest BCUT2D eigenvalue weighted by Gasteiger charge is -2.46. The minimum absolute atomic E-state index is 0.0868. The molecule has 1 heterocycles. The summed E-state index contributed by atoms with van der Waals surface area (Å²) < 4.78 is 5.23. The highest BCUT2D eigenvalue weighted by Gasteiger charge is 2.48. The highest BCUT2D eigenvalue weighted by Crippen LogP contribution is 2.53. The highest BCUT2D eigenvalue weighted by molar-refractivity contribution is 5.94. The van der Waals surface area contributed by atoms with Gasteiger partial charge in [0.15, 0.2) is 0 Å². The number of hydrogen-bond donors (Lipinski definition) is 2. The van der Waals surface area contributed by atoms with Crippen molar-refractivity contribution < 1.29 is 19.7 Å². The summed E-state index contributed by atoms with van der Waals surface area (Å²) >= 11 is 0. The Balaban J connectivity index is 2.15. The molecule has 0 unspecified atom stereocenters. The molecule has 0 saturated heterocycles. The molecule has 0 radical (unpaired) electrons. The van der Waals surface area contributed by atoms with Gasteiger partial charge in [0.25, 0.3) is 0 Å². The van der Waals surface area contributed by atoms with Gasteiger partial charge >= 0.3 is 5.97 Å². The van der Waals surface area contributed by atoms with Crippen LogP contribution in [0.25, 0.3) is 0 Å². The minimum atomic E-state index is -0.862. The van der Waals surface area contributed by atoms with E-state index >= 15 is 0 Å². The summed E-state index contributed by atoms with van der Waals surface area (Å²) in [6.45, 7) is 5.78. The first kappa shape index (κ1) is 12.6. The van der Waals surface area contributed by atoms with Crippen LogP contribution < -0.4 is 0 Å². The van der Waals surface area contributed by atoms with Gasteiger partial charge in [0.05, 0.1) is 12.2 Å². The van der Waals surface area contributed by atoms with Crippen LogP contribution in [0.4, 0.5) is 0 Å². The van der Waals surface area contributed by atoms with Gasteiger partial charge in [-0.2, -0.15) is 0 Å². The second kappa shape index (κ2) is 3.81. The Labute approximate surface area is 112 Å². The topological polar surface area (TPSA) is 66.8 Å². The number of hydrogen-bond acceptors (Lipinski definition) is 4. The van der Waals surface area contributed by atoms with E-state index in [0.717, 1.165) is 11.1 Å². The Bertz CT molecular complexity index is 554. The molecule has 1 aliphatic heterocycles. The van der Waals surface area contributed by atoms with Crippen molar-refractivity contribution in [1.29, 1.82) is 0 Å². The maximum absolute atomic E-state index is 11.6. The van der Waals surface area contributed by atoms with Gasteiger partial charge in [-0.25, -0.2) is 4.79 Å². The molecule has 0 spiro atoms. The molecule has 102 valence electrons. The van der Waals surface area contributed by atoms with Crippen molar-refractivity contribution in [2.24, 2.45) is 11.3 Å². The molecule has 4 atom stereocenters. The molecule has 0 amide bonds. The Morgan fingerprint density at radius 3 is 2.79 bits per heavy atom. The number of carbonyl (C=O) groups is 1. The Morgan fingerprint density at radius 2 is 2.11 bits per heavy atom. The lowest BCUT2D eigenvalue weighted by molar-refractivity contribution is -0.133. The van der Waals surface area contributed by atoms with Crippen molar-refractivity contribution in [3.63, 3.8) is 0 Å². The molecule has 0 bridgehead atoms. The van der Waals surface area contributed by atoms with Crippen LogP contribution in [0.5, 0.6) is 0 Å². The number of carbonyl (C=O) groups excluding carboxylic acids is 1. The number of aliphatic hydroxyl groups excluding tert-OH is 2. The van der Waals surface area contributed by atoms with Gasteiger partial charge in [-0.05, 0) is 37.0 Å². The van der Waals surface area contributed by atoms with Crippen molar-refractivity contribution in [3.05, 3.63) is 34.6 Å². The fourth-order valence-electron chi connectivity index (χ4n) is 3.28. The molecule has 0 aromatic heterocycles. The monoisotopic (exact) mass is 262 g/mol. The molecule has 0 saturated carbocycles. The molecule has 0 aromatic rings. The van der Waals surface area contributed by atoms with E-state index in [1.54, 1.807) is 13.0 Å². The largest absolute Gasteiger partial charge is 0.423 e. The smallest absolute Gasteiger partial charge is 0.339 e. The Morgan fingerprint density at radius 1 is 1.42 bits per heavy atom. The van der Waals surface area contributed by atoms with Gasteiger partial charge in [-0.15, -0.1) is 0 Å². The van der Waals surface area contributed by atoms with E-state index < -0.39 is 12.2 Å². The molecule has 0 fully saturated rings. The first-order valence-corrected chi connectivity index (χ1v) is 6.57. The minimum Gasteiger partial charge on any atom is -0.423 e. The van der Waals surface area contributed by atoms with Crippen molar-refractivity contribution in [2.45, 2.75) is 39.4 Å². The number of ether oxygens (including phenoxy) is 1. The van der Waals surface area contributed by atoms with Crippen LogP contribution in [-0.2, 0) is 9.53 Å². The average molecular weight is 262 g/mol. The molecule has 2 aliphatic carbocycles. The summed E-state index contributed by atoms with van der Waals surface area (Å²) in [7, 11) is 0. The lowest BCUT2D eigenvalue weighted by Crippen LogP contribution is -2.46. The first-order chi connectivity index (χ1) is 8.84. The standard InChI is InChI=1S/C15H18O4/c1-7-10-6-15(3)8(2)13(17)11(16)4-9(15)5-12(10)19-14(7)18/h4-5,8,11,13,16-17H,6H2,1-3H3/t8-,11+,13-,15+/m0/s1. The van der Waals surface area contributed by atoms with Crippen molar-refractivity contribution >= 4 is 5.97 Å². The van der Waals surface area contributed by atoms with Crippen LogP contribution in [0.2, 0.25) is 0 Å². The second-order valence-corrected chi connectivity index (χ2v) is 5.99. The average Bonchev–Trinajstić information content (AvgIpc) is 2.62. The SMILES string of the molecule is CC1=C2C[C@@]3(C)C(=C[C@@H](O)[C@@H](O)[C@@H]3C)C=C2OC1=O. The molecule has 3 rings (SSSR count). The summed E-state index contributed by atoms with van der Waals surface area (Å²) in [6.07, 6.45) is 2.53. The van der Waals surface area contributed by atoms with E-state index in [-0.39, 0.29) is 17.3 Å². The lowest BCUT2D eigenvalue weighted by atomic mass is 9.60. The number of fused-ring (bicyclic) bond motifs is 2. The van der Waals surface area contributed by atoms with Crippen LogP contribution in [0.15, 0.2) is 34.6 Å². The van der Waals surface area contributed by atoms with Crippen LogP contribution in [0.1, 0.15) is 27.2 Å². The van der Waals surface area contributed by atoms with E-state index in [9.17, 15) is 15.0 Å². The van der Waals surface area contributed by atoms with E-state index in [4.69, 9.17) is 4.74 Å². The Kier molecular flexibility index (Phi) is 2.53. The predicted octanol–water partition coefficient (Wildman–Crippen LogP) is 1.45. The molecular weight excluding hydrogens is 244 g/mol. The fraction of sp³-hybridized carbons (Fsp3) is 0.533. The first-order valence-electron chi connectivity index (χ1n) is 6.57. The van der Waals surface area contributed by atoms with Crippen molar-refractivity contribution in [3.8, 4) is 0 Å². The van der Waals surface area contributed by atoms with E-state index in [1.165, 1.54) is 0 Å². The maximum Gasteiger partial charge on any atom is 0.339 e. The van der Waals surface area contributed by atoms with Crippen molar-refractivity contribution in [2.75, 3.05) is 0 Å². The van der Waals surface area contributed by atoms with Crippen LogP contribution in [0, 0.1) is 11.3 Å². The Hall–Kier alpha value is -1.39. The van der Waals surface area contributed by atoms with Gasteiger partial charge in [0.2, 0.25) is 0 Å². The highest BCUT2D eigenvalue weighted by atomic mass is 16.5. The summed E-state index contributed by atoms with van der Waals surface area (Å²) in [6, 6.07) is 0. The molecule has 4 nitrogen and oxygen atoms in total. The van der Waals surface area contributed by atoms with E-state index in [2.05, 4.69) is 6.92 Å². The van der Waals surface area contributed by atoms with Crippen LogP contribution in [-0.4, -0.2) is 28.4 Å². The second-order valence-electron chi connectivity index (χ2n) is 5.99. The predicted molar refractivity (Wildman–Crippen MR) is 68.9 cm³/mol. The van der Waals surface area contributed by atoms with Gasteiger partial charge in [-0.1, -0.05) is 13.8 Å². The third-order valence-corrected chi connectivity index (χ3v) is 4.97. The van der Waals surface area contributed by atoms with Crippen LogP contribution in [0.3, 0.4) is 0 Å². The summed E-state index contributed by atoms with van der Waals surface area (Å²) in [5.41, 5.74) is 2.26. The van der Waals surface area contributed by atoms with Gasteiger partial charge in [0.1, 0.15) is 5.76 Å². The van der Waals surface area contributed by atoms with E-state index in [1.807, 2.05) is 13.0 Å². The fourth-order valence-corrected chi connectivity index (χ4v) is 3.28.